The summed E-state index contributed by atoms with van der Waals surface area (Å²) in [5, 5.41) is 3.11. The monoisotopic (exact) mass is 364 g/mol. The van der Waals surface area contributed by atoms with Gasteiger partial charge in [0.2, 0.25) is 0 Å². The molecule has 26 heavy (non-hydrogen) atoms. The van der Waals surface area contributed by atoms with Gasteiger partial charge in [-0.2, -0.15) is 0 Å². The lowest BCUT2D eigenvalue weighted by Crippen LogP contribution is -2.56. The van der Waals surface area contributed by atoms with Gasteiger partial charge in [-0.25, -0.2) is 0 Å². The van der Waals surface area contributed by atoms with Crippen molar-refractivity contribution in [1.29, 1.82) is 0 Å². The number of morpholine rings is 1. The number of aliphatic imine (C=N–C) groups is 1. The number of hydrogen-bond donors (Lipinski definition) is 2. The Morgan fingerprint density at radius 2 is 1.85 bits per heavy atom. The van der Waals surface area contributed by atoms with E-state index in [1.807, 2.05) is 18.2 Å². The van der Waals surface area contributed by atoms with Crippen LogP contribution in [0.4, 0.5) is 5.69 Å². The Kier molecular flexibility index (Phi) is 6.72. The molecule has 1 aromatic carbocycles. The van der Waals surface area contributed by atoms with E-state index < -0.39 is 0 Å². The van der Waals surface area contributed by atoms with Crippen molar-refractivity contribution in [3.05, 3.63) is 18.2 Å². The van der Waals surface area contributed by atoms with Gasteiger partial charge in [-0.1, -0.05) is 0 Å². The van der Waals surface area contributed by atoms with Crippen LogP contribution >= 0.6 is 0 Å². The maximum Gasteiger partial charge on any atom is 0.193 e. The summed E-state index contributed by atoms with van der Waals surface area (Å²) in [5.41, 5.74) is 6.78. The van der Waals surface area contributed by atoms with E-state index in [4.69, 9.17) is 19.9 Å². The Morgan fingerprint density at radius 3 is 2.42 bits per heavy atom. The van der Waals surface area contributed by atoms with Crippen LogP contribution < -0.4 is 20.5 Å². The second kappa shape index (κ2) is 8.60. The summed E-state index contributed by atoms with van der Waals surface area (Å²) in [6, 6.07) is 5.53. The molecule has 0 aromatic heterocycles. The third-order valence-corrected chi connectivity index (χ3v) is 4.57. The Bertz CT molecular complexity index is 623. The fourth-order valence-corrected chi connectivity index (χ4v) is 3.15. The average Bonchev–Trinajstić information content (AvgIpc) is 2.59. The maximum absolute atomic E-state index is 6.08. The predicted molar refractivity (Wildman–Crippen MR) is 105 cm³/mol. The first-order chi connectivity index (χ1) is 12.2. The molecular weight excluding hydrogens is 332 g/mol. The second-order valence-electron chi connectivity index (χ2n) is 7.37. The number of benzene rings is 1. The maximum atomic E-state index is 6.08. The van der Waals surface area contributed by atoms with Crippen molar-refractivity contribution < 1.29 is 14.2 Å². The predicted octanol–water partition coefficient (Wildman–Crippen LogP) is 2.32. The van der Waals surface area contributed by atoms with E-state index in [1.165, 1.54) is 0 Å². The van der Waals surface area contributed by atoms with Crippen molar-refractivity contribution in [3.8, 4) is 11.5 Å². The van der Waals surface area contributed by atoms with Gasteiger partial charge in [-0.15, -0.1) is 0 Å². The van der Waals surface area contributed by atoms with Crippen molar-refractivity contribution in [3.63, 3.8) is 0 Å². The molecule has 1 aromatic rings. The summed E-state index contributed by atoms with van der Waals surface area (Å²) in [6.45, 7) is 11.0. The number of nitrogens with zero attached hydrogens (tertiary/aromatic N) is 2. The van der Waals surface area contributed by atoms with Crippen molar-refractivity contribution in [1.82, 2.24) is 4.90 Å². The Labute approximate surface area is 156 Å². The lowest BCUT2D eigenvalue weighted by Gasteiger charge is -2.44. The number of ether oxygens (including phenoxy) is 3. The molecule has 0 radical (unpaired) electrons. The third kappa shape index (κ3) is 5.25. The summed E-state index contributed by atoms with van der Waals surface area (Å²) in [7, 11) is 3.21. The van der Waals surface area contributed by atoms with Gasteiger partial charge in [0.1, 0.15) is 0 Å². The number of methoxy groups -OCH3 is 2. The first-order valence-corrected chi connectivity index (χ1v) is 8.94. The zero-order valence-electron chi connectivity index (χ0n) is 16.7. The molecule has 0 bridgehead atoms. The van der Waals surface area contributed by atoms with Crippen LogP contribution in [0.15, 0.2) is 23.2 Å². The molecule has 0 saturated carbocycles. The number of nitrogens with one attached hydrogen (secondary N) is 1. The minimum absolute atomic E-state index is 0.101. The van der Waals surface area contributed by atoms with Gasteiger partial charge in [-0.05, 0) is 39.8 Å². The SMILES string of the molecule is COc1ccc(NC(N)=NCC(C)(C)N2CC(C)OC(C)C2)cc1OC. The summed E-state index contributed by atoms with van der Waals surface area (Å²) >= 11 is 0. The quantitative estimate of drug-likeness (QED) is 0.596. The van der Waals surface area contributed by atoms with Crippen molar-refractivity contribution in [2.24, 2.45) is 10.7 Å². The standard InChI is InChI=1S/C19H32N4O3/c1-13-10-23(11-14(2)26-13)19(3,4)12-21-18(20)22-15-7-8-16(24-5)17(9-15)25-6/h7-9,13-14H,10-12H2,1-6H3,(H3,20,21,22). The molecule has 2 atom stereocenters. The fourth-order valence-electron chi connectivity index (χ4n) is 3.15. The van der Waals surface area contributed by atoms with E-state index in [-0.39, 0.29) is 17.7 Å². The molecule has 0 amide bonds. The molecule has 0 aliphatic carbocycles. The second-order valence-corrected chi connectivity index (χ2v) is 7.37. The van der Waals surface area contributed by atoms with Gasteiger partial charge in [0.15, 0.2) is 17.5 Å². The molecule has 146 valence electrons. The summed E-state index contributed by atoms with van der Waals surface area (Å²) in [4.78, 5) is 6.96. The normalized spacial score (nSPS) is 22.2. The molecule has 1 fully saturated rings. The highest BCUT2D eigenvalue weighted by atomic mass is 16.5. The molecule has 7 nitrogen and oxygen atoms in total. The fraction of sp³-hybridized carbons (Fsp3) is 0.632. The first kappa shape index (κ1) is 20.3. The van der Waals surface area contributed by atoms with Gasteiger partial charge >= 0.3 is 0 Å². The Hall–Kier alpha value is -1.99. The van der Waals surface area contributed by atoms with Crippen LogP contribution in [0.1, 0.15) is 27.7 Å². The van der Waals surface area contributed by atoms with Gasteiger partial charge in [0.05, 0.1) is 33.0 Å². The van der Waals surface area contributed by atoms with Gasteiger partial charge < -0.3 is 25.3 Å². The largest absolute Gasteiger partial charge is 0.493 e. The molecule has 2 unspecified atom stereocenters. The molecular formula is C19H32N4O3. The van der Waals surface area contributed by atoms with E-state index in [2.05, 4.69) is 42.9 Å². The lowest BCUT2D eigenvalue weighted by atomic mass is 10.0. The summed E-state index contributed by atoms with van der Waals surface area (Å²) in [6.07, 6.45) is 0.452. The smallest absolute Gasteiger partial charge is 0.193 e. The van der Waals surface area contributed by atoms with E-state index in [0.717, 1.165) is 18.8 Å². The van der Waals surface area contributed by atoms with Crippen LogP contribution in [0.2, 0.25) is 0 Å². The van der Waals surface area contributed by atoms with Gasteiger partial charge in [0, 0.05) is 30.4 Å². The third-order valence-electron chi connectivity index (χ3n) is 4.57. The highest BCUT2D eigenvalue weighted by Gasteiger charge is 2.33. The zero-order chi connectivity index (χ0) is 19.3. The molecule has 2 rings (SSSR count). The van der Waals surface area contributed by atoms with E-state index in [9.17, 15) is 0 Å². The number of nitrogens with two attached hydrogens (primary N) is 1. The zero-order valence-corrected chi connectivity index (χ0v) is 16.7. The molecule has 1 heterocycles. The number of guanidine groups is 1. The van der Waals surface area contributed by atoms with Crippen LogP contribution in [0, 0.1) is 0 Å². The Balaban J connectivity index is 2.00. The van der Waals surface area contributed by atoms with Crippen LogP contribution in [-0.2, 0) is 4.74 Å². The number of rotatable bonds is 6. The lowest BCUT2D eigenvalue weighted by molar-refractivity contribution is -0.0939. The number of anilines is 1. The minimum atomic E-state index is -0.101. The average molecular weight is 364 g/mol. The van der Waals surface area contributed by atoms with Crippen molar-refractivity contribution >= 4 is 11.6 Å². The molecule has 0 spiro atoms. The van der Waals surface area contributed by atoms with Crippen molar-refractivity contribution in [2.45, 2.75) is 45.4 Å². The molecule has 1 aliphatic rings. The van der Waals surface area contributed by atoms with Gasteiger partial charge in [-0.3, -0.25) is 9.89 Å². The molecule has 1 saturated heterocycles. The van der Waals surface area contributed by atoms with E-state index >= 15 is 0 Å². The number of hydrogen-bond acceptors (Lipinski definition) is 5. The highest BCUT2D eigenvalue weighted by molar-refractivity contribution is 5.92. The molecule has 3 N–H and O–H groups in total. The van der Waals surface area contributed by atoms with E-state index in [0.29, 0.717) is 24.0 Å². The van der Waals surface area contributed by atoms with Crippen LogP contribution in [0.5, 0.6) is 11.5 Å². The minimum Gasteiger partial charge on any atom is -0.493 e. The Morgan fingerprint density at radius 1 is 1.23 bits per heavy atom. The van der Waals surface area contributed by atoms with Crippen LogP contribution in [-0.4, -0.2) is 62.5 Å². The van der Waals surface area contributed by atoms with Crippen LogP contribution in [0.3, 0.4) is 0 Å². The molecule has 1 aliphatic heterocycles. The van der Waals surface area contributed by atoms with E-state index in [1.54, 1.807) is 14.2 Å². The summed E-state index contributed by atoms with van der Waals surface area (Å²) in [5.74, 6) is 1.69. The topological polar surface area (TPSA) is 81.3 Å². The first-order valence-electron chi connectivity index (χ1n) is 8.94. The molecule has 7 heteroatoms. The summed E-state index contributed by atoms with van der Waals surface area (Å²) < 4.78 is 16.4. The van der Waals surface area contributed by atoms with Crippen molar-refractivity contribution in [2.75, 3.05) is 39.2 Å². The van der Waals surface area contributed by atoms with Crippen LogP contribution in [0.25, 0.3) is 0 Å². The van der Waals surface area contributed by atoms with Gasteiger partial charge in [0.25, 0.3) is 0 Å². The highest BCUT2D eigenvalue weighted by Crippen LogP contribution is 2.29.